The number of rotatable bonds is 4. The van der Waals surface area contributed by atoms with Gasteiger partial charge in [-0.25, -0.2) is 4.39 Å². The molecule has 1 heterocycles. The van der Waals surface area contributed by atoms with Gasteiger partial charge in [-0.05, 0) is 38.1 Å². The van der Waals surface area contributed by atoms with Crippen LogP contribution in [0.15, 0.2) is 18.2 Å². The third-order valence-electron chi connectivity index (χ3n) is 3.07. The van der Waals surface area contributed by atoms with Gasteiger partial charge in [0, 0.05) is 18.3 Å². The molecule has 94 valence electrons. The first kappa shape index (κ1) is 12.2. The summed E-state index contributed by atoms with van der Waals surface area (Å²) in [6.45, 7) is 3.66. The number of benzene rings is 1. The largest absolute Gasteiger partial charge is 0.489 e. The van der Waals surface area contributed by atoms with Gasteiger partial charge in [-0.2, -0.15) is 0 Å². The second-order valence-corrected chi connectivity index (χ2v) is 4.44. The Morgan fingerprint density at radius 1 is 1.24 bits per heavy atom. The zero-order valence-electron chi connectivity index (χ0n) is 9.99. The van der Waals surface area contributed by atoms with E-state index in [2.05, 4.69) is 4.90 Å². The number of anilines is 1. The predicted molar refractivity (Wildman–Crippen MR) is 66.6 cm³/mol. The zero-order valence-corrected chi connectivity index (χ0v) is 9.99. The van der Waals surface area contributed by atoms with Crippen molar-refractivity contribution < 1.29 is 9.13 Å². The van der Waals surface area contributed by atoms with Crippen LogP contribution in [0.4, 0.5) is 10.1 Å². The van der Waals surface area contributed by atoms with Crippen molar-refractivity contribution in [3.05, 3.63) is 24.0 Å². The van der Waals surface area contributed by atoms with Gasteiger partial charge in [0.15, 0.2) is 11.6 Å². The Kier molecular flexibility index (Phi) is 4.20. The van der Waals surface area contributed by atoms with E-state index < -0.39 is 0 Å². The number of nitrogens with two attached hydrogens (primary N) is 1. The highest BCUT2D eigenvalue weighted by molar-refractivity contribution is 5.42. The highest BCUT2D eigenvalue weighted by atomic mass is 19.1. The average molecular weight is 238 g/mol. The molecular formula is C13H19FN2O. The molecule has 0 bridgehead atoms. The maximum absolute atomic E-state index is 13.4. The van der Waals surface area contributed by atoms with Gasteiger partial charge in [0.1, 0.15) is 6.61 Å². The van der Waals surface area contributed by atoms with Crippen LogP contribution in [0, 0.1) is 5.82 Å². The molecule has 0 saturated carbocycles. The summed E-state index contributed by atoms with van der Waals surface area (Å²) in [6.07, 6.45) is 3.84. The monoisotopic (exact) mass is 238 g/mol. The van der Waals surface area contributed by atoms with Crippen LogP contribution in [0.3, 0.4) is 0 Å². The standard InChI is InChI=1S/C13H19FN2O/c14-12-10-11(15)4-5-13(12)17-9-8-16-6-2-1-3-7-16/h4-5,10H,1-3,6-9,15H2. The van der Waals surface area contributed by atoms with Crippen molar-refractivity contribution in [1.82, 2.24) is 4.90 Å². The molecule has 0 spiro atoms. The van der Waals surface area contributed by atoms with Gasteiger partial charge >= 0.3 is 0 Å². The molecule has 2 N–H and O–H groups in total. The second-order valence-electron chi connectivity index (χ2n) is 4.44. The minimum atomic E-state index is -0.386. The quantitative estimate of drug-likeness (QED) is 0.818. The summed E-state index contributed by atoms with van der Waals surface area (Å²) in [5.41, 5.74) is 5.89. The molecule has 3 nitrogen and oxygen atoms in total. The lowest BCUT2D eigenvalue weighted by molar-refractivity contribution is 0.180. The fourth-order valence-electron chi connectivity index (χ4n) is 2.10. The van der Waals surface area contributed by atoms with Crippen molar-refractivity contribution in [3.8, 4) is 5.75 Å². The number of nitrogen functional groups attached to an aromatic ring is 1. The summed E-state index contributed by atoms with van der Waals surface area (Å²) in [7, 11) is 0. The third-order valence-corrected chi connectivity index (χ3v) is 3.07. The van der Waals surface area contributed by atoms with Crippen molar-refractivity contribution in [2.75, 3.05) is 32.0 Å². The van der Waals surface area contributed by atoms with Crippen molar-refractivity contribution in [1.29, 1.82) is 0 Å². The Hall–Kier alpha value is -1.29. The number of hydrogen-bond donors (Lipinski definition) is 1. The summed E-state index contributed by atoms with van der Waals surface area (Å²) < 4.78 is 18.8. The highest BCUT2D eigenvalue weighted by Gasteiger charge is 2.10. The molecule has 1 aliphatic heterocycles. The zero-order chi connectivity index (χ0) is 12.1. The maximum atomic E-state index is 13.4. The number of ether oxygens (including phenoxy) is 1. The summed E-state index contributed by atoms with van der Waals surface area (Å²) in [6, 6.07) is 4.52. The van der Waals surface area contributed by atoms with Gasteiger partial charge in [-0.1, -0.05) is 6.42 Å². The highest BCUT2D eigenvalue weighted by Crippen LogP contribution is 2.19. The number of halogens is 1. The minimum absolute atomic E-state index is 0.288. The van der Waals surface area contributed by atoms with E-state index in [0.29, 0.717) is 12.3 Å². The normalized spacial score (nSPS) is 17.0. The van der Waals surface area contributed by atoms with E-state index >= 15 is 0 Å². The fourth-order valence-corrected chi connectivity index (χ4v) is 2.10. The topological polar surface area (TPSA) is 38.5 Å². The van der Waals surface area contributed by atoms with Crippen LogP contribution >= 0.6 is 0 Å². The van der Waals surface area contributed by atoms with Crippen LogP contribution in [0.5, 0.6) is 5.75 Å². The van der Waals surface area contributed by atoms with Gasteiger partial charge in [-0.3, -0.25) is 4.90 Å². The molecule has 0 amide bonds. The smallest absolute Gasteiger partial charge is 0.167 e. The first-order chi connectivity index (χ1) is 8.25. The van der Waals surface area contributed by atoms with Gasteiger partial charge in [-0.15, -0.1) is 0 Å². The molecule has 0 radical (unpaired) electrons. The maximum Gasteiger partial charge on any atom is 0.167 e. The Morgan fingerprint density at radius 3 is 2.71 bits per heavy atom. The number of nitrogens with zero attached hydrogens (tertiary/aromatic N) is 1. The minimum Gasteiger partial charge on any atom is -0.489 e. The van der Waals surface area contributed by atoms with E-state index in [4.69, 9.17) is 10.5 Å². The fraction of sp³-hybridized carbons (Fsp3) is 0.538. The molecule has 1 saturated heterocycles. The molecular weight excluding hydrogens is 219 g/mol. The molecule has 0 aromatic heterocycles. The lowest BCUT2D eigenvalue weighted by Gasteiger charge is -2.26. The Labute approximate surface area is 101 Å². The molecule has 0 unspecified atom stereocenters. The van der Waals surface area contributed by atoms with E-state index in [1.807, 2.05) is 0 Å². The first-order valence-electron chi connectivity index (χ1n) is 6.16. The van der Waals surface area contributed by atoms with E-state index in [9.17, 15) is 4.39 Å². The Bertz CT molecular complexity index is 364. The van der Waals surface area contributed by atoms with Gasteiger partial charge in [0.05, 0.1) is 0 Å². The first-order valence-corrected chi connectivity index (χ1v) is 6.16. The van der Waals surface area contributed by atoms with Crippen molar-refractivity contribution in [2.24, 2.45) is 0 Å². The SMILES string of the molecule is Nc1ccc(OCCN2CCCCC2)c(F)c1. The van der Waals surface area contributed by atoms with E-state index in [-0.39, 0.29) is 11.6 Å². The van der Waals surface area contributed by atoms with Gasteiger partial charge < -0.3 is 10.5 Å². The van der Waals surface area contributed by atoms with Crippen LogP contribution in [-0.4, -0.2) is 31.1 Å². The number of hydrogen-bond acceptors (Lipinski definition) is 3. The Balaban J connectivity index is 1.77. The summed E-state index contributed by atoms with van der Waals surface area (Å²) in [5.74, 6) is -0.0974. The number of likely N-dealkylation sites (tertiary alicyclic amines) is 1. The molecule has 2 rings (SSSR count). The predicted octanol–water partition coefficient (Wildman–Crippen LogP) is 2.27. The van der Waals surface area contributed by atoms with Crippen molar-refractivity contribution in [3.63, 3.8) is 0 Å². The molecule has 1 aromatic carbocycles. The summed E-state index contributed by atoms with van der Waals surface area (Å²) >= 11 is 0. The van der Waals surface area contributed by atoms with Gasteiger partial charge in [0.2, 0.25) is 0 Å². The summed E-state index contributed by atoms with van der Waals surface area (Å²) in [5, 5.41) is 0. The van der Waals surface area contributed by atoms with Crippen molar-refractivity contribution in [2.45, 2.75) is 19.3 Å². The molecule has 17 heavy (non-hydrogen) atoms. The lowest BCUT2D eigenvalue weighted by Crippen LogP contribution is -2.33. The molecule has 1 aromatic rings. The van der Waals surface area contributed by atoms with Crippen LogP contribution < -0.4 is 10.5 Å². The number of piperidine rings is 1. The molecule has 1 aliphatic rings. The van der Waals surface area contributed by atoms with E-state index in [1.54, 1.807) is 12.1 Å². The molecule has 1 fully saturated rings. The van der Waals surface area contributed by atoms with E-state index in [1.165, 1.54) is 25.3 Å². The second kappa shape index (κ2) is 5.87. The van der Waals surface area contributed by atoms with Crippen molar-refractivity contribution >= 4 is 5.69 Å². The van der Waals surface area contributed by atoms with E-state index in [0.717, 1.165) is 19.6 Å². The molecule has 4 heteroatoms. The molecule has 0 atom stereocenters. The lowest BCUT2D eigenvalue weighted by atomic mass is 10.1. The van der Waals surface area contributed by atoms with Gasteiger partial charge in [0.25, 0.3) is 0 Å². The summed E-state index contributed by atoms with van der Waals surface area (Å²) in [4.78, 5) is 2.36. The average Bonchev–Trinajstić information content (AvgIpc) is 2.33. The Morgan fingerprint density at radius 2 is 2.00 bits per heavy atom. The van der Waals surface area contributed by atoms with Crippen LogP contribution in [-0.2, 0) is 0 Å². The van der Waals surface area contributed by atoms with Crippen LogP contribution in [0.25, 0.3) is 0 Å². The molecule has 0 aliphatic carbocycles. The van der Waals surface area contributed by atoms with Crippen LogP contribution in [0.1, 0.15) is 19.3 Å². The third kappa shape index (κ3) is 3.60. The van der Waals surface area contributed by atoms with Crippen LogP contribution in [0.2, 0.25) is 0 Å².